The van der Waals surface area contributed by atoms with Gasteiger partial charge in [0.15, 0.2) is 0 Å². The fourth-order valence-corrected chi connectivity index (χ4v) is 3.54. The van der Waals surface area contributed by atoms with Gasteiger partial charge < -0.3 is 0 Å². The van der Waals surface area contributed by atoms with Crippen molar-refractivity contribution in [2.75, 3.05) is 0 Å². The molecule has 2 atom stereocenters. The van der Waals surface area contributed by atoms with Crippen molar-refractivity contribution in [1.82, 2.24) is 0 Å². The molecule has 1 rings (SSSR count). The number of allylic oxidation sites excluding steroid dienone is 2. The zero-order chi connectivity index (χ0) is 14.3. The third-order valence-electron chi connectivity index (χ3n) is 4.19. The highest BCUT2D eigenvalue weighted by molar-refractivity contribution is 4.97. The van der Waals surface area contributed by atoms with Gasteiger partial charge in [-0.05, 0) is 43.9 Å². The molecule has 0 N–H and O–H groups in total. The molecule has 0 saturated carbocycles. The van der Waals surface area contributed by atoms with Crippen LogP contribution in [0.2, 0.25) is 0 Å². The Morgan fingerprint density at radius 3 is 2.37 bits per heavy atom. The summed E-state index contributed by atoms with van der Waals surface area (Å²) in [4.78, 5) is 0. The van der Waals surface area contributed by atoms with Crippen molar-refractivity contribution in [2.45, 2.75) is 78.1 Å². The summed E-state index contributed by atoms with van der Waals surface area (Å²) in [5.41, 5.74) is 0. The van der Waals surface area contributed by atoms with Crippen LogP contribution in [0.4, 0.5) is 8.78 Å². The van der Waals surface area contributed by atoms with Crippen LogP contribution < -0.4 is 0 Å². The minimum absolute atomic E-state index is 0.0556. The average molecular weight is 272 g/mol. The molecule has 0 spiro atoms. The topological polar surface area (TPSA) is 0 Å². The molecule has 0 fully saturated rings. The van der Waals surface area contributed by atoms with Crippen molar-refractivity contribution in [3.8, 4) is 0 Å². The fraction of sp³-hybridized carbons (Fsp3) is 0.882. The zero-order valence-electron chi connectivity index (χ0n) is 12.8. The van der Waals surface area contributed by atoms with Gasteiger partial charge in [0.2, 0.25) is 5.92 Å². The van der Waals surface area contributed by atoms with Crippen LogP contribution in [0, 0.1) is 17.8 Å². The Bertz CT molecular complexity index is 259. The van der Waals surface area contributed by atoms with Crippen LogP contribution in [0.3, 0.4) is 0 Å². The lowest BCUT2D eigenvalue weighted by Crippen LogP contribution is -2.21. The second kappa shape index (κ2) is 8.01. The first-order valence-electron chi connectivity index (χ1n) is 7.99. The van der Waals surface area contributed by atoms with Gasteiger partial charge in [0.25, 0.3) is 0 Å². The second-order valence-electron chi connectivity index (χ2n) is 6.48. The Balaban J connectivity index is 2.45. The smallest absolute Gasteiger partial charge is 0.207 e. The van der Waals surface area contributed by atoms with Gasteiger partial charge in [0.1, 0.15) is 0 Å². The van der Waals surface area contributed by atoms with Gasteiger partial charge in [0, 0.05) is 6.42 Å². The van der Waals surface area contributed by atoms with E-state index >= 15 is 0 Å². The zero-order valence-corrected chi connectivity index (χ0v) is 12.8. The molecule has 2 heteroatoms. The van der Waals surface area contributed by atoms with E-state index in [9.17, 15) is 8.78 Å². The van der Waals surface area contributed by atoms with E-state index in [-0.39, 0.29) is 12.3 Å². The molecule has 19 heavy (non-hydrogen) atoms. The van der Waals surface area contributed by atoms with Gasteiger partial charge in [-0.3, -0.25) is 0 Å². The Hall–Kier alpha value is -0.400. The molecule has 0 heterocycles. The molecule has 0 saturated heterocycles. The molecule has 0 aromatic heterocycles. The minimum atomic E-state index is -2.51. The molecule has 0 aliphatic heterocycles. The van der Waals surface area contributed by atoms with E-state index < -0.39 is 5.92 Å². The maximum Gasteiger partial charge on any atom is 0.245 e. The van der Waals surface area contributed by atoms with Gasteiger partial charge in [-0.15, -0.1) is 0 Å². The van der Waals surface area contributed by atoms with E-state index in [2.05, 4.69) is 26.0 Å². The molecule has 1 aliphatic carbocycles. The molecule has 112 valence electrons. The van der Waals surface area contributed by atoms with Gasteiger partial charge in [-0.2, -0.15) is 0 Å². The van der Waals surface area contributed by atoms with E-state index in [1.54, 1.807) is 0 Å². The largest absolute Gasteiger partial charge is 0.245 e. The quantitative estimate of drug-likeness (QED) is 0.460. The molecule has 0 bridgehead atoms. The summed E-state index contributed by atoms with van der Waals surface area (Å²) in [6.07, 6.45) is 12.5. The Morgan fingerprint density at radius 1 is 1.21 bits per heavy atom. The number of hydrogen-bond acceptors (Lipinski definition) is 0. The summed E-state index contributed by atoms with van der Waals surface area (Å²) < 4.78 is 26.2. The molecule has 0 aromatic carbocycles. The lowest BCUT2D eigenvalue weighted by atomic mass is 9.78. The highest BCUT2D eigenvalue weighted by Crippen LogP contribution is 2.36. The number of alkyl halides is 2. The molecule has 0 radical (unpaired) electrons. The van der Waals surface area contributed by atoms with E-state index in [4.69, 9.17) is 0 Å². The van der Waals surface area contributed by atoms with Crippen molar-refractivity contribution >= 4 is 0 Å². The summed E-state index contributed by atoms with van der Waals surface area (Å²) in [5.74, 6) is -1.01. The van der Waals surface area contributed by atoms with Crippen LogP contribution in [-0.2, 0) is 0 Å². The van der Waals surface area contributed by atoms with Gasteiger partial charge in [-0.1, -0.05) is 51.7 Å². The van der Waals surface area contributed by atoms with Gasteiger partial charge in [-0.25, -0.2) is 8.78 Å². The molecular weight excluding hydrogens is 242 g/mol. The van der Waals surface area contributed by atoms with E-state index in [1.165, 1.54) is 32.1 Å². The van der Waals surface area contributed by atoms with Crippen LogP contribution in [0.15, 0.2) is 12.2 Å². The normalized spacial score (nSPS) is 24.1. The maximum absolute atomic E-state index is 13.1. The monoisotopic (exact) mass is 272 g/mol. The summed E-state index contributed by atoms with van der Waals surface area (Å²) in [6.45, 7) is 5.52. The molecular formula is C17H30F2. The van der Waals surface area contributed by atoms with Crippen molar-refractivity contribution in [1.29, 1.82) is 0 Å². The maximum atomic E-state index is 13.1. The molecule has 0 aromatic rings. The SMILES string of the molecule is CCCC(CCC)C[C@@H]1C=CC[C@H](CC(C)(F)F)C1. The van der Waals surface area contributed by atoms with Crippen molar-refractivity contribution in [3.63, 3.8) is 0 Å². The van der Waals surface area contributed by atoms with E-state index in [1.807, 2.05) is 0 Å². The summed E-state index contributed by atoms with van der Waals surface area (Å²) in [6, 6.07) is 0. The van der Waals surface area contributed by atoms with Gasteiger partial charge in [0.05, 0.1) is 0 Å². The predicted molar refractivity (Wildman–Crippen MR) is 78.5 cm³/mol. The highest BCUT2D eigenvalue weighted by Gasteiger charge is 2.29. The Morgan fingerprint density at radius 2 is 1.84 bits per heavy atom. The van der Waals surface area contributed by atoms with Crippen molar-refractivity contribution in [2.24, 2.45) is 17.8 Å². The van der Waals surface area contributed by atoms with Crippen LogP contribution in [0.1, 0.15) is 72.1 Å². The lowest BCUT2D eigenvalue weighted by molar-refractivity contribution is -0.00682. The first-order valence-corrected chi connectivity index (χ1v) is 7.99. The average Bonchev–Trinajstić information content (AvgIpc) is 2.27. The number of halogens is 2. The standard InChI is InChI=1S/C17H30F2/c1-4-7-14(8-5-2)11-15-9-6-10-16(12-15)13-17(3,18)19/h6,9,14-16H,4-5,7-8,10-13H2,1-3H3/t15-,16-/m0/s1. The molecule has 0 amide bonds. The highest BCUT2D eigenvalue weighted by atomic mass is 19.3. The summed E-state index contributed by atoms with van der Waals surface area (Å²) in [7, 11) is 0. The summed E-state index contributed by atoms with van der Waals surface area (Å²) >= 11 is 0. The van der Waals surface area contributed by atoms with Gasteiger partial charge >= 0.3 is 0 Å². The summed E-state index contributed by atoms with van der Waals surface area (Å²) in [5, 5.41) is 0. The van der Waals surface area contributed by atoms with Crippen LogP contribution in [0.25, 0.3) is 0 Å². The van der Waals surface area contributed by atoms with E-state index in [0.29, 0.717) is 5.92 Å². The second-order valence-corrected chi connectivity index (χ2v) is 6.48. The van der Waals surface area contributed by atoms with Crippen LogP contribution >= 0.6 is 0 Å². The number of rotatable bonds is 8. The molecule has 0 unspecified atom stereocenters. The first kappa shape index (κ1) is 16.7. The van der Waals surface area contributed by atoms with Crippen LogP contribution in [-0.4, -0.2) is 5.92 Å². The Labute approximate surface area is 117 Å². The van der Waals surface area contributed by atoms with Crippen molar-refractivity contribution < 1.29 is 8.78 Å². The molecule has 1 aliphatic rings. The van der Waals surface area contributed by atoms with E-state index in [0.717, 1.165) is 25.7 Å². The minimum Gasteiger partial charge on any atom is -0.207 e. The van der Waals surface area contributed by atoms with Crippen LogP contribution in [0.5, 0.6) is 0 Å². The predicted octanol–water partition coefficient (Wildman–Crippen LogP) is 6.22. The van der Waals surface area contributed by atoms with Crippen molar-refractivity contribution in [3.05, 3.63) is 12.2 Å². The third-order valence-corrected chi connectivity index (χ3v) is 4.19. The first-order chi connectivity index (χ1) is 8.94. The fourth-order valence-electron chi connectivity index (χ4n) is 3.54. The lowest BCUT2D eigenvalue weighted by Gasteiger charge is -2.29. The number of hydrogen-bond donors (Lipinski definition) is 0. The Kier molecular flexibility index (Phi) is 7.02. The molecule has 0 nitrogen and oxygen atoms in total. The third kappa shape index (κ3) is 7.08.